The number of aliphatic hydroxyl groups excluding tert-OH is 1. The van der Waals surface area contributed by atoms with Gasteiger partial charge in [-0.15, -0.1) is 0 Å². The summed E-state index contributed by atoms with van der Waals surface area (Å²) < 4.78 is 11.1. The van der Waals surface area contributed by atoms with Gasteiger partial charge in [-0.25, -0.2) is 0 Å². The van der Waals surface area contributed by atoms with E-state index in [1.54, 1.807) is 0 Å². The Hall–Kier alpha value is -1.26. The molecule has 2 aliphatic rings. The Morgan fingerprint density at radius 1 is 1.24 bits per heavy atom. The fraction of sp³-hybridized carbons (Fsp3) is 0.647. The Morgan fingerprint density at radius 3 is 2.71 bits per heavy atom. The van der Waals surface area contributed by atoms with Crippen LogP contribution in [-0.4, -0.2) is 42.9 Å². The summed E-state index contributed by atoms with van der Waals surface area (Å²) in [5.41, 5.74) is 1.33. The van der Waals surface area contributed by atoms with Gasteiger partial charge in [0.05, 0.1) is 6.10 Å². The summed E-state index contributed by atoms with van der Waals surface area (Å²) in [5, 5.41) is 10.4. The molecule has 1 fully saturated rings. The molecule has 1 aromatic carbocycles. The molecule has 0 bridgehead atoms. The lowest BCUT2D eigenvalue weighted by Gasteiger charge is -2.22. The van der Waals surface area contributed by atoms with Gasteiger partial charge in [0, 0.05) is 13.1 Å². The second kappa shape index (κ2) is 5.85. The number of hydrogen-bond donors (Lipinski definition) is 1. The highest BCUT2D eigenvalue weighted by Gasteiger charge is 2.29. The van der Waals surface area contributed by atoms with Gasteiger partial charge in [0.25, 0.3) is 0 Å². The van der Waals surface area contributed by atoms with Crippen LogP contribution in [0.25, 0.3) is 0 Å². The van der Waals surface area contributed by atoms with Gasteiger partial charge in [-0.2, -0.15) is 0 Å². The molecule has 0 radical (unpaired) electrons. The van der Waals surface area contributed by atoms with Gasteiger partial charge in [-0.3, -0.25) is 0 Å². The fourth-order valence-electron chi connectivity index (χ4n) is 3.15. The number of benzene rings is 1. The average Bonchev–Trinajstić information content (AvgIpc) is 2.83. The zero-order chi connectivity index (χ0) is 14.9. The van der Waals surface area contributed by atoms with Crippen molar-refractivity contribution in [1.82, 2.24) is 4.90 Å². The van der Waals surface area contributed by atoms with Crippen molar-refractivity contribution >= 4 is 0 Å². The molecule has 1 saturated heterocycles. The molecule has 1 N–H and O–H groups in total. The summed E-state index contributed by atoms with van der Waals surface area (Å²) in [6.07, 6.45) is 1.56. The van der Waals surface area contributed by atoms with E-state index in [-0.39, 0.29) is 0 Å². The number of ether oxygens (including phenoxy) is 2. The van der Waals surface area contributed by atoms with E-state index < -0.39 is 6.10 Å². The molecule has 4 heteroatoms. The van der Waals surface area contributed by atoms with E-state index in [4.69, 9.17) is 9.47 Å². The normalized spacial score (nSPS) is 22.2. The molecule has 0 saturated carbocycles. The van der Waals surface area contributed by atoms with Gasteiger partial charge >= 0.3 is 0 Å². The predicted molar refractivity (Wildman–Crippen MR) is 81.8 cm³/mol. The van der Waals surface area contributed by atoms with Gasteiger partial charge in [-0.05, 0) is 42.5 Å². The second-order valence-corrected chi connectivity index (χ2v) is 6.90. The van der Waals surface area contributed by atoms with Gasteiger partial charge in [-0.1, -0.05) is 19.9 Å². The van der Waals surface area contributed by atoms with E-state index in [1.807, 2.05) is 18.2 Å². The summed E-state index contributed by atoms with van der Waals surface area (Å²) in [7, 11) is 0. The van der Waals surface area contributed by atoms with Gasteiger partial charge < -0.3 is 19.5 Å². The van der Waals surface area contributed by atoms with Crippen molar-refractivity contribution in [1.29, 1.82) is 0 Å². The third-order valence-electron chi connectivity index (χ3n) is 4.43. The molecule has 3 rings (SSSR count). The number of fused-ring (bicyclic) bond motifs is 1. The van der Waals surface area contributed by atoms with E-state index in [0.717, 1.165) is 43.1 Å². The number of hydrogen-bond acceptors (Lipinski definition) is 4. The van der Waals surface area contributed by atoms with Crippen LogP contribution in [0, 0.1) is 5.41 Å². The van der Waals surface area contributed by atoms with E-state index in [9.17, 15) is 5.11 Å². The molecule has 1 unspecified atom stereocenters. The second-order valence-electron chi connectivity index (χ2n) is 6.90. The van der Waals surface area contributed by atoms with Crippen LogP contribution in [0.2, 0.25) is 0 Å². The van der Waals surface area contributed by atoms with Crippen LogP contribution in [0.4, 0.5) is 0 Å². The maximum Gasteiger partial charge on any atom is 0.161 e. The van der Waals surface area contributed by atoms with Crippen molar-refractivity contribution in [2.24, 2.45) is 5.41 Å². The lowest BCUT2D eigenvalue weighted by molar-refractivity contribution is 0.143. The first kappa shape index (κ1) is 14.7. The van der Waals surface area contributed by atoms with Crippen LogP contribution in [0.3, 0.4) is 0 Å². The minimum atomic E-state index is -0.440. The molecule has 116 valence electrons. The van der Waals surface area contributed by atoms with Crippen LogP contribution in [0.1, 0.15) is 38.4 Å². The molecule has 1 aromatic rings. The summed E-state index contributed by atoms with van der Waals surface area (Å²) in [6.45, 7) is 9.00. The molecule has 2 heterocycles. The van der Waals surface area contributed by atoms with Crippen LogP contribution < -0.4 is 9.47 Å². The number of rotatable bonds is 4. The zero-order valence-electron chi connectivity index (χ0n) is 13.0. The van der Waals surface area contributed by atoms with Crippen molar-refractivity contribution in [2.45, 2.75) is 32.8 Å². The van der Waals surface area contributed by atoms with Crippen LogP contribution >= 0.6 is 0 Å². The van der Waals surface area contributed by atoms with E-state index in [0.29, 0.717) is 18.6 Å². The highest BCUT2D eigenvalue weighted by Crippen LogP contribution is 2.34. The summed E-state index contributed by atoms with van der Waals surface area (Å²) in [5.74, 6) is 1.53. The lowest BCUT2D eigenvalue weighted by Crippen LogP contribution is -2.25. The lowest BCUT2D eigenvalue weighted by atomic mass is 9.93. The summed E-state index contributed by atoms with van der Waals surface area (Å²) in [4.78, 5) is 2.45. The molecule has 0 aliphatic carbocycles. The van der Waals surface area contributed by atoms with Crippen LogP contribution in [0.15, 0.2) is 18.2 Å². The average molecular weight is 291 g/mol. The largest absolute Gasteiger partial charge is 0.486 e. The number of nitrogens with zero attached hydrogens (tertiary/aromatic N) is 1. The van der Waals surface area contributed by atoms with Crippen molar-refractivity contribution in [3.8, 4) is 11.5 Å². The Bertz CT molecular complexity index is 501. The van der Waals surface area contributed by atoms with E-state index >= 15 is 0 Å². The maximum atomic E-state index is 10.4. The molecule has 0 aromatic heterocycles. The molecule has 4 nitrogen and oxygen atoms in total. The highest BCUT2D eigenvalue weighted by atomic mass is 16.6. The first-order valence-electron chi connectivity index (χ1n) is 7.83. The Kier molecular flexibility index (Phi) is 4.09. The number of likely N-dealkylation sites (tertiary alicyclic amines) is 1. The summed E-state index contributed by atoms with van der Waals surface area (Å²) >= 11 is 0. The monoisotopic (exact) mass is 291 g/mol. The first-order valence-corrected chi connectivity index (χ1v) is 7.83. The number of aliphatic hydroxyl groups is 1. The Labute approximate surface area is 126 Å². The SMILES string of the molecule is CC1(C)CCN(CCC(O)c2ccc3c(c2)OCCO3)C1. The molecule has 0 amide bonds. The highest BCUT2D eigenvalue weighted by molar-refractivity contribution is 5.44. The van der Waals surface area contributed by atoms with Gasteiger partial charge in [0.2, 0.25) is 0 Å². The predicted octanol–water partition coefficient (Wildman–Crippen LogP) is 2.61. The minimum absolute atomic E-state index is 0.419. The topological polar surface area (TPSA) is 41.9 Å². The molecular weight excluding hydrogens is 266 g/mol. The van der Waals surface area contributed by atoms with E-state index in [2.05, 4.69) is 18.7 Å². The van der Waals surface area contributed by atoms with Gasteiger partial charge in [0.1, 0.15) is 13.2 Å². The molecular formula is C17H25NO3. The third kappa shape index (κ3) is 3.50. The quantitative estimate of drug-likeness (QED) is 0.926. The minimum Gasteiger partial charge on any atom is -0.486 e. The van der Waals surface area contributed by atoms with Crippen LogP contribution in [-0.2, 0) is 0 Å². The fourth-order valence-corrected chi connectivity index (χ4v) is 3.15. The standard InChI is InChI=1S/C17H25NO3/c1-17(2)6-8-18(12-17)7-5-14(19)13-3-4-15-16(11-13)21-10-9-20-15/h3-4,11,14,19H,5-10,12H2,1-2H3. The first-order chi connectivity index (χ1) is 10.0. The van der Waals surface area contributed by atoms with Crippen molar-refractivity contribution in [3.05, 3.63) is 23.8 Å². The smallest absolute Gasteiger partial charge is 0.161 e. The molecule has 1 atom stereocenters. The maximum absolute atomic E-state index is 10.4. The Balaban J connectivity index is 1.57. The summed E-state index contributed by atoms with van der Waals surface area (Å²) in [6, 6.07) is 5.74. The van der Waals surface area contributed by atoms with Gasteiger partial charge in [0.15, 0.2) is 11.5 Å². The molecule has 2 aliphatic heterocycles. The van der Waals surface area contributed by atoms with Crippen molar-refractivity contribution in [2.75, 3.05) is 32.8 Å². The molecule has 21 heavy (non-hydrogen) atoms. The third-order valence-corrected chi connectivity index (χ3v) is 4.43. The van der Waals surface area contributed by atoms with Crippen molar-refractivity contribution in [3.63, 3.8) is 0 Å². The zero-order valence-corrected chi connectivity index (χ0v) is 13.0. The van der Waals surface area contributed by atoms with Crippen molar-refractivity contribution < 1.29 is 14.6 Å². The Morgan fingerprint density at radius 2 is 2.00 bits per heavy atom. The molecule has 0 spiro atoms. The van der Waals surface area contributed by atoms with E-state index in [1.165, 1.54) is 6.42 Å². The van der Waals surface area contributed by atoms with Crippen LogP contribution in [0.5, 0.6) is 11.5 Å².